The van der Waals surface area contributed by atoms with Crippen LogP contribution in [-0.2, 0) is 23.0 Å². The molecule has 0 saturated carbocycles. The number of carbonyl (C=O) groups is 1. The molecule has 1 aliphatic rings. The molecule has 31 heavy (non-hydrogen) atoms. The molecule has 4 rings (SSSR count). The van der Waals surface area contributed by atoms with Gasteiger partial charge >= 0.3 is 0 Å². The number of benzene rings is 2. The first-order valence-electron chi connectivity index (χ1n) is 10.4. The Hall–Kier alpha value is -3.04. The average Bonchev–Trinajstić information content (AvgIpc) is 3.02. The van der Waals surface area contributed by atoms with Gasteiger partial charge in [0.25, 0.3) is 5.91 Å². The second kappa shape index (κ2) is 8.99. The largest absolute Gasteiger partial charge is 0.322 e. The molecule has 0 spiro atoms. The van der Waals surface area contributed by atoms with Crippen LogP contribution in [0.25, 0.3) is 11.4 Å². The molecule has 0 fully saturated rings. The number of aryl methyl sites for hydroxylation is 1. The van der Waals surface area contributed by atoms with Crippen LogP contribution < -0.4 is 10.0 Å². The fourth-order valence-corrected chi connectivity index (χ4v) is 4.80. The van der Waals surface area contributed by atoms with Gasteiger partial charge in [-0.1, -0.05) is 31.5 Å². The van der Waals surface area contributed by atoms with Gasteiger partial charge in [-0.3, -0.25) is 4.79 Å². The molecule has 2 heterocycles. The van der Waals surface area contributed by atoms with Crippen LogP contribution in [0.5, 0.6) is 0 Å². The van der Waals surface area contributed by atoms with E-state index in [1.807, 2.05) is 18.2 Å². The average molecular weight is 440 g/mol. The molecule has 2 N–H and O–H groups in total. The normalized spacial score (nSPS) is 14.0. The highest BCUT2D eigenvalue weighted by Crippen LogP contribution is 2.25. The van der Waals surface area contributed by atoms with Gasteiger partial charge in [0.05, 0.1) is 4.90 Å². The molecule has 2 aromatic carbocycles. The van der Waals surface area contributed by atoms with Crippen molar-refractivity contribution < 1.29 is 13.2 Å². The lowest BCUT2D eigenvalue weighted by atomic mass is 10.1. The van der Waals surface area contributed by atoms with Crippen molar-refractivity contribution in [3.63, 3.8) is 0 Å². The molecule has 162 valence electrons. The first-order valence-corrected chi connectivity index (χ1v) is 11.9. The Morgan fingerprint density at radius 1 is 1.06 bits per heavy atom. The van der Waals surface area contributed by atoms with E-state index in [4.69, 9.17) is 0 Å². The second-order valence-corrected chi connectivity index (χ2v) is 9.23. The molecular weight excluding hydrogens is 414 g/mol. The van der Waals surface area contributed by atoms with Gasteiger partial charge in [0.15, 0.2) is 5.82 Å². The molecule has 3 aromatic rings. The summed E-state index contributed by atoms with van der Waals surface area (Å²) in [5, 5.41) is 11.6. The van der Waals surface area contributed by atoms with E-state index in [0.29, 0.717) is 5.69 Å². The summed E-state index contributed by atoms with van der Waals surface area (Å²) in [5.41, 5.74) is 1.75. The lowest BCUT2D eigenvalue weighted by Crippen LogP contribution is -2.23. The number of nitrogens with one attached hydrogen (secondary N) is 2. The minimum Gasteiger partial charge on any atom is -0.322 e. The summed E-state index contributed by atoms with van der Waals surface area (Å²) in [6.45, 7) is 2.87. The van der Waals surface area contributed by atoms with E-state index in [-0.39, 0.29) is 22.9 Å². The summed E-state index contributed by atoms with van der Waals surface area (Å²) in [5.74, 6) is 1.41. The van der Waals surface area contributed by atoms with Gasteiger partial charge in [-0.25, -0.2) is 13.1 Å². The number of anilines is 1. The summed E-state index contributed by atoms with van der Waals surface area (Å²) < 4.78 is 29.0. The second-order valence-electron chi connectivity index (χ2n) is 7.47. The summed E-state index contributed by atoms with van der Waals surface area (Å²) in [6.07, 6.45) is 4.33. The quantitative estimate of drug-likeness (QED) is 0.613. The van der Waals surface area contributed by atoms with E-state index in [9.17, 15) is 13.2 Å². The van der Waals surface area contributed by atoms with Crippen molar-refractivity contribution in [2.45, 2.75) is 44.0 Å². The highest BCUT2D eigenvalue weighted by molar-refractivity contribution is 7.89. The van der Waals surface area contributed by atoms with Gasteiger partial charge in [0, 0.05) is 36.3 Å². The highest BCUT2D eigenvalue weighted by atomic mass is 32.2. The molecule has 9 heteroatoms. The van der Waals surface area contributed by atoms with Gasteiger partial charge in [-0.2, -0.15) is 0 Å². The van der Waals surface area contributed by atoms with Crippen molar-refractivity contribution in [3.8, 4) is 11.4 Å². The Kier molecular flexibility index (Phi) is 6.15. The highest BCUT2D eigenvalue weighted by Gasteiger charge is 2.18. The predicted octanol–water partition coefficient (Wildman–Crippen LogP) is 3.22. The van der Waals surface area contributed by atoms with Crippen molar-refractivity contribution in [1.82, 2.24) is 19.5 Å². The monoisotopic (exact) mass is 439 g/mol. The van der Waals surface area contributed by atoms with Crippen LogP contribution in [0.15, 0.2) is 53.4 Å². The third kappa shape index (κ3) is 4.67. The van der Waals surface area contributed by atoms with Crippen molar-refractivity contribution in [3.05, 3.63) is 59.9 Å². The topological polar surface area (TPSA) is 106 Å². The molecule has 1 amide bonds. The van der Waals surface area contributed by atoms with E-state index in [1.54, 1.807) is 25.1 Å². The van der Waals surface area contributed by atoms with E-state index < -0.39 is 10.0 Å². The standard InChI is InChI=1S/C22H25N5O3S/c1-2-23-31(29,30)19-11-7-9-17(15-19)22(28)24-18-10-6-8-16(14-18)21-26-25-20-12-4-3-5-13-27(20)21/h6-11,14-15,23H,2-5,12-13H2,1H3,(H,24,28). The first-order chi connectivity index (χ1) is 15.0. The Bertz CT molecular complexity index is 1200. The molecule has 0 radical (unpaired) electrons. The van der Waals surface area contributed by atoms with E-state index in [2.05, 4.69) is 24.8 Å². The van der Waals surface area contributed by atoms with Crippen molar-refractivity contribution in [2.24, 2.45) is 0 Å². The van der Waals surface area contributed by atoms with E-state index in [0.717, 1.165) is 43.0 Å². The number of amides is 1. The minimum absolute atomic E-state index is 0.0573. The summed E-state index contributed by atoms with van der Waals surface area (Å²) in [4.78, 5) is 12.8. The number of aromatic nitrogens is 3. The number of hydrogen-bond acceptors (Lipinski definition) is 5. The number of hydrogen-bond donors (Lipinski definition) is 2. The zero-order valence-electron chi connectivity index (χ0n) is 17.3. The van der Waals surface area contributed by atoms with Crippen molar-refractivity contribution in [1.29, 1.82) is 0 Å². The predicted molar refractivity (Wildman–Crippen MR) is 118 cm³/mol. The smallest absolute Gasteiger partial charge is 0.255 e. The number of carbonyl (C=O) groups excluding carboxylic acids is 1. The molecule has 8 nitrogen and oxygen atoms in total. The number of rotatable bonds is 6. The molecule has 1 aromatic heterocycles. The van der Waals surface area contributed by atoms with Crippen molar-refractivity contribution >= 4 is 21.6 Å². The molecule has 0 bridgehead atoms. The minimum atomic E-state index is -3.64. The van der Waals surface area contributed by atoms with Gasteiger partial charge in [-0.05, 0) is 43.2 Å². The van der Waals surface area contributed by atoms with E-state index >= 15 is 0 Å². The summed E-state index contributed by atoms with van der Waals surface area (Å²) in [7, 11) is -3.64. The van der Waals surface area contributed by atoms with Crippen LogP contribution >= 0.6 is 0 Å². The Balaban J connectivity index is 1.56. The molecule has 0 aliphatic carbocycles. The lowest BCUT2D eigenvalue weighted by molar-refractivity contribution is 0.102. The van der Waals surface area contributed by atoms with Gasteiger partial charge < -0.3 is 9.88 Å². The van der Waals surface area contributed by atoms with Crippen LogP contribution in [0, 0.1) is 0 Å². The zero-order valence-corrected chi connectivity index (χ0v) is 18.2. The third-order valence-electron chi connectivity index (χ3n) is 5.23. The van der Waals surface area contributed by atoms with Crippen LogP contribution in [0.4, 0.5) is 5.69 Å². The number of fused-ring (bicyclic) bond motifs is 1. The number of nitrogens with zero attached hydrogens (tertiary/aromatic N) is 3. The van der Waals surface area contributed by atoms with Crippen LogP contribution in [0.2, 0.25) is 0 Å². The Morgan fingerprint density at radius 3 is 2.74 bits per heavy atom. The Labute approximate surface area is 181 Å². The summed E-state index contributed by atoms with van der Waals surface area (Å²) in [6, 6.07) is 13.4. The maximum atomic E-state index is 12.8. The van der Waals surface area contributed by atoms with Crippen LogP contribution in [-0.4, -0.2) is 35.6 Å². The summed E-state index contributed by atoms with van der Waals surface area (Å²) >= 11 is 0. The zero-order chi connectivity index (χ0) is 21.8. The lowest BCUT2D eigenvalue weighted by Gasteiger charge is -2.10. The van der Waals surface area contributed by atoms with Crippen molar-refractivity contribution in [2.75, 3.05) is 11.9 Å². The van der Waals surface area contributed by atoms with Crippen LogP contribution in [0.1, 0.15) is 42.4 Å². The maximum absolute atomic E-state index is 12.8. The number of sulfonamides is 1. The third-order valence-corrected chi connectivity index (χ3v) is 6.77. The van der Waals surface area contributed by atoms with Gasteiger partial charge in [-0.15, -0.1) is 10.2 Å². The molecular formula is C22H25N5O3S. The van der Waals surface area contributed by atoms with Gasteiger partial charge in [0.1, 0.15) is 5.82 Å². The molecule has 1 aliphatic heterocycles. The fourth-order valence-electron chi connectivity index (χ4n) is 3.72. The van der Waals surface area contributed by atoms with E-state index in [1.165, 1.54) is 18.6 Å². The molecule has 0 unspecified atom stereocenters. The van der Waals surface area contributed by atoms with Gasteiger partial charge in [0.2, 0.25) is 10.0 Å². The maximum Gasteiger partial charge on any atom is 0.255 e. The SMILES string of the molecule is CCNS(=O)(=O)c1cccc(C(=O)Nc2cccc(-c3nnc4n3CCCCC4)c2)c1. The molecule has 0 saturated heterocycles. The van der Waals surface area contributed by atoms with Crippen LogP contribution in [0.3, 0.4) is 0 Å². The molecule has 0 atom stereocenters. The fraction of sp³-hybridized carbons (Fsp3) is 0.318. The first kappa shape index (κ1) is 21.2. The Morgan fingerprint density at radius 2 is 1.90 bits per heavy atom.